The van der Waals surface area contributed by atoms with Crippen molar-refractivity contribution < 1.29 is 14.2 Å². The molecule has 2 rings (SSSR count). The molecule has 0 spiro atoms. The highest BCUT2D eigenvalue weighted by molar-refractivity contribution is 9.10. The number of benzene rings is 1. The number of aliphatic hydroxyl groups is 1. The molecule has 0 amide bonds. The molecule has 1 aromatic carbocycles. The molecule has 0 atom stereocenters. The molecule has 1 heterocycles. The van der Waals surface area contributed by atoms with E-state index in [1.54, 1.807) is 6.07 Å². The molecule has 0 unspecified atom stereocenters. The summed E-state index contributed by atoms with van der Waals surface area (Å²) in [6.45, 7) is 3.28. The number of hydrogen-bond acceptors (Lipinski definition) is 3. The zero-order valence-corrected chi connectivity index (χ0v) is 13.1. The van der Waals surface area contributed by atoms with Crippen molar-refractivity contribution in [1.29, 1.82) is 0 Å². The Labute approximate surface area is 127 Å². The lowest BCUT2D eigenvalue weighted by Gasteiger charge is -2.32. The van der Waals surface area contributed by atoms with Gasteiger partial charge in [-0.05, 0) is 31.4 Å². The Morgan fingerprint density at radius 3 is 2.75 bits per heavy atom. The van der Waals surface area contributed by atoms with E-state index in [2.05, 4.69) is 20.8 Å². The van der Waals surface area contributed by atoms with E-state index in [4.69, 9.17) is 9.84 Å². The smallest absolute Gasteiger partial charge is 0.128 e. The van der Waals surface area contributed by atoms with Crippen molar-refractivity contribution in [1.82, 2.24) is 4.90 Å². The van der Waals surface area contributed by atoms with Gasteiger partial charge in [-0.1, -0.05) is 22.0 Å². The third kappa shape index (κ3) is 4.52. The first kappa shape index (κ1) is 15.9. The number of nitrogens with zero attached hydrogens (tertiary/aromatic N) is 1. The fourth-order valence-electron chi connectivity index (χ4n) is 2.46. The first-order valence-corrected chi connectivity index (χ1v) is 7.87. The zero-order valence-electron chi connectivity index (χ0n) is 11.5. The van der Waals surface area contributed by atoms with Crippen LogP contribution in [0.2, 0.25) is 0 Å². The van der Waals surface area contributed by atoms with Crippen LogP contribution in [0, 0.1) is 5.82 Å². The van der Waals surface area contributed by atoms with Gasteiger partial charge in [0.25, 0.3) is 0 Å². The Morgan fingerprint density at radius 1 is 1.35 bits per heavy atom. The third-order valence-corrected chi connectivity index (χ3v) is 4.38. The summed E-state index contributed by atoms with van der Waals surface area (Å²) in [5, 5.41) is 8.73. The summed E-state index contributed by atoms with van der Waals surface area (Å²) in [6, 6.07) is 5.10. The standard InChI is InChI=1S/C15H21BrFNO2/c16-14-3-1-4-15(17)13(14)11-18-7-5-12(6-8-18)20-10-2-9-19/h1,3-4,12,19H,2,5-11H2. The van der Waals surface area contributed by atoms with Gasteiger partial charge in [0.05, 0.1) is 6.10 Å². The van der Waals surface area contributed by atoms with Gasteiger partial charge in [-0.15, -0.1) is 0 Å². The van der Waals surface area contributed by atoms with Crippen LogP contribution in [0.1, 0.15) is 24.8 Å². The van der Waals surface area contributed by atoms with Crippen molar-refractivity contribution in [2.24, 2.45) is 0 Å². The second-order valence-corrected chi connectivity index (χ2v) is 5.98. The topological polar surface area (TPSA) is 32.7 Å². The minimum atomic E-state index is -0.152. The van der Waals surface area contributed by atoms with Crippen molar-refractivity contribution in [2.75, 3.05) is 26.3 Å². The lowest BCUT2D eigenvalue weighted by Crippen LogP contribution is -2.37. The van der Waals surface area contributed by atoms with E-state index in [-0.39, 0.29) is 18.5 Å². The molecule has 0 aliphatic carbocycles. The van der Waals surface area contributed by atoms with Crippen LogP contribution in [-0.4, -0.2) is 42.4 Å². The molecule has 1 aliphatic heterocycles. The number of hydrogen-bond donors (Lipinski definition) is 1. The quantitative estimate of drug-likeness (QED) is 0.804. The SMILES string of the molecule is OCCCOC1CCN(Cc2c(F)cccc2Br)CC1. The third-order valence-electron chi connectivity index (χ3n) is 3.63. The average Bonchev–Trinajstić information content (AvgIpc) is 2.45. The summed E-state index contributed by atoms with van der Waals surface area (Å²) in [5.41, 5.74) is 0.729. The fourth-order valence-corrected chi connectivity index (χ4v) is 2.92. The monoisotopic (exact) mass is 345 g/mol. The van der Waals surface area contributed by atoms with Crippen LogP contribution in [0.3, 0.4) is 0 Å². The van der Waals surface area contributed by atoms with Crippen LogP contribution in [0.25, 0.3) is 0 Å². The highest BCUT2D eigenvalue weighted by atomic mass is 79.9. The minimum Gasteiger partial charge on any atom is -0.396 e. The highest BCUT2D eigenvalue weighted by Crippen LogP contribution is 2.23. The van der Waals surface area contributed by atoms with E-state index >= 15 is 0 Å². The number of aliphatic hydroxyl groups excluding tert-OH is 1. The molecule has 1 fully saturated rings. The molecule has 0 saturated carbocycles. The summed E-state index contributed by atoms with van der Waals surface area (Å²) < 4.78 is 20.3. The van der Waals surface area contributed by atoms with Crippen LogP contribution in [0.4, 0.5) is 4.39 Å². The number of piperidine rings is 1. The van der Waals surface area contributed by atoms with E-state index in [0.29, 0.717) is 19.6 Å². The second-order valence-electron chi connectivity index (χ2n) is 5.12. The second kappa shape index (κ2) is 8.08. The number of halogens is 2. The van der Waals surface area contributed by atoms with Gasteiger partial charge in [0.2, 0.25) is 0 Å². The van der Waals surface area contributed by atoms with Crippen LogP contribution in [-0.2, 0) is 11.3 Å². The summed E-state index contributed by atoms with van der Waals surface area (Å²) in [4.78, 5) is 2.26. The van der Waals surface area contributed by atoms with Crippen molar-refractivity contribution >= 4 is 15.9 Å². The summed E-state index contributed by atoms with van der Waals surface area (Å²) in [6.07, 6.45) is 2.92. The Balaban J connectivity index is 1.80. The molecule has 5 heteroatoms. The van der Waals surface area contributed by atoms with Gasteiger partial charge in [-0.3, -0.25) is 4.90 Å². The Morgan fingerprint density at radius 2 is 2.10 bits per heavy atom. The maximum Gasteiger partial charge on any atom is 0.128 e. The Kier molecular flexibility index (Phi) is 6.42. The first-order valence-electron chi connectivity index (χ1n) is 7.08. The van der Waals surface area contributed by atoms with Crippen molar-refractivity contribution in [3.63, 3.8) is 0 Å². The predicted molar refractivity (Wildman–Crippen MR) is 80.1 cm³/mol. The number of rotatable bonds is 6. The van der Waals surface area contributed by atoms with E-state index in [9.17, 15) is 4.39 Å². The van der Waals surface area contributed by atoms with Gasteiger partial charge in [-0.2, -0.15) is 0 Å². The van der Waals surface area contributed by atoms with Gasteiger partial charge in [0, 0.05) is 42.9 Å². The summed E-state index contributed by atoms with van der Waals surface area (Å²) in [7, 11) is 0. The van der Waals surface area contributed by atoms with Crippen molar-refractivity contribution in [3.8, 4) is 0 Å². The normalized spacial score (nSPS) is 17.6. The average molecular weight is 346 g/mol. The Hall–Kier alpha value is -0.490. The zero-order chi connectivity index (χ0) is 14.4. The van der Waals surface area contributed by atoms with Crippen LogP contribution < -0.4 is 0 Å². The Bertz CT molecular complexity index is 402. The molecule has 1 saturated heterocycles. The molecular weight excluding hydrogens is 325 g/mol. The fraction of sp³-hybridized carbons (Fsp3) is 0.600. The molecule has 0 aromatic heterocycles. The lowest BCUT2D eigenvalue weighted by molar-refractivity contribution is 0.000595. The van der Waals surface area contributed by atoms with E-state index in [1.165, 1.54) is 6.07 Å². The summed E-state index contributed by atoms with van der Waals surface area (Å²) in [5.74, 6) is -0.152. The molecule has 1 aliphatic rings. The van der Waals surface area contributed by atoms with E-state index in [0.717, 1.165) is 36.0 Å². The maximum atomic E-state index is 13.8. The van der Waals surface area contributed by atoms with Crippen LogP contribution in [0.15, 0.2) is 22.7 Å². The summed E-state index contributed by atoms with van der Waals surface area (Å²) >= 11 is 3.41. The predicted octanol–water partition coefficient (Wildman–Crippen LogP) is 2.95. The molecular formula is C15H21BrFNO2. The van der Waals surface area contributed by atoms with Gasteiger partial charge >= 0.3 is 0 Å². The number of ether oxygens (including phenoxy) is 1. The number of likely N-dealkylation sites (tertiary alicyclic amines) is 1. The molecule has 20 heavy (non-hydrogen) atoms. The van der Waals surface area contributed by atoms with Crippen LogP contribution in [0.5, 0.6) is 0 Å². The van der Waals surface area contributed by atoms with Gasteiger partial charge < -0.3 is 9.84 Å². The van der Waals surface area contributed by atoms with E-state index in [1.807, 2.05) is 6.07 Å². The molecule has 112 valence electrons. The molecule has 1 N–H and O–H groups in total. The molecule has 3 nitrogen and oxygen atoms in total. The molecule has 0 radical (unpaired) electrons. The van der Waals surface area contributed by atoms with Crippen molar-refractivity contribution in [3.05, 3.63) is 34.1 Å². The minimum absolute atomic E-state index is 0.152. The lowest BCUT2D eigenvalue weighted by atomic mass is 10.1. The first-order chi connectivity index (χ1) is 9.70. The van der Waals surface area contributed by atoms with Gasteiger partial charge in [-0.25, -0.2) is 4.39 Å². The van der Waals surface area contributed by atoms with Crippen LogP contribution >= 0.6 is 15.9 Å². The molecule has 0 bridgehead atoms. The van der Waals surface area contributed by atoms with Gasteiger partial charge in [0.1, 0.15) is 5.82 Å². The maximum absolute atomic E-state index is 13.8. The van der Waals surface area contributed by atoms with Gasteiger partial charge in [0.15, 0.2) is 0 Å². The largest absolute Gasteiger partial charge is 0.396 e. The highest BCUT2D eigenvalue weighted by Gasteiger charge is 2.21. The molecule has 1 aromatic rings. The van der Waals surface area contributed by atoms with E-state index < -0.39 is 0 Å². The van der Waals surface area contributed by atoms with Crippen molar-refractivity contribution in [2.45, 2.75) is 31.9 Å².